The number of carbonyl (C=O) groups is 2. The molecule has 5 heteroatoms. The number of hydrogen-bond acceptors (Lipinski definition) is 4. The first-order chi connectivity index (χ1) is 8.52. The Morgan fingerprint density at radius 3 is 2.33 bits per heavy atom. The highest BCUT2D eigenvalue weighted by Crippen LogP contribution is 2.14. The molecule has 1 aromatic carbocycles. The third kappa shape index (κ3) is 4.45. The molecule has 0 radical (unpaired) electrons. The summed E-state index contributed by atoms with van der Waals surface area (Å²) >= 11 is 0. The van der Waals surface area contributed by atoms with E-state index in [1.165, 1.54) is 0 Å². The molecule has 1 N–H and O–H groups in total. The third-order valence-electron chi connectivity index (χ3n) is 2.19. The number of rotatable bonds is 5. The van der Waals surface area contributed by atoms with Gasteiger partial charge in [-0.1, -0.05) is 13.8 Å². The fourth-order valence-corrected chi connectivity index (χ4v) is 1.17. The second kappa shape index (κ2) is 6.64. The summed E-state index contributed by atoms with van der Waals surface area (Å²) in [5.41, 5.74) is 0.626. The Bertz CT molecular complexity index is 412. The monoisotopic (exact) mass is 251 g/mol. The van der Waals surface area contributed by atoms with E-state index in [9.17, 15) is 9.59 Å². The Morgan fingerprint density at radius 1 is 1.22 bits per heavy atom. The number of anilines is 1. The van der Waals surface area contributed by atoms with Gasteiger partial charge < -0.3 is 14.8 Å². The summed E-state index contributed by atoms with van der Waals surface area (Å²) in [6.07, 6.45) is 0. The average molecular weight is 251 g/mol. The molecule has 18 heavy (non-hydrogen) atoms. The van der Waals surface area contributed by atoms with E-state index in [1.54, 1.807) is 45.2 Å². The molecule has 98 valence electrons. The van der Waals surface area contributed by atoms with Crippen LogP contribution in [-0.2, 0) is 14.3 Å². The lowest BCUT2D eigenvalue weighted by Crippen LogP contribution is -2.22. The van der Waals surface area contributed by atoms with Crippen LogP contribution in [0.1, 0.15) is 13.8 Å². The molecule has 0 unspecified atom stereocenters. The smallest absolute Gasteiger partial charge is 0.308 e. The van der Waals surface area contributed by atoms with Gasteiger partial charge >= 0.3 is 5.97 Å². The Kier molecular flexibility index (Phi) is 5.17. The first kappa shape index (κ1) is 14.0. The number of amides is 1. The Morgan fingerprint density at radius 2 is 1.83 bits per heavy atom. The molecule has 1 amide bonds. The van der Waals surface area contributed by atoms with Gasteiger partial charge in [-0.05, 0) is 24.3 Å². The lowest BCUT2D eigenvalue weighted by Gasteiger charge is -2.08. The maximum absolute atomic E-state index is 11.5. The van der Waals surface area contributed by atoms with Gasteiger partial charge in [0.15, 0.2) is 6.61 Å². The Hall–Kier alpha value is -2.04. The minimum absolute atomic E-state index is 0.237. The van der Waals surface area contributed by atoms with Crippen LogP contribution in [0.2, 0.25) is 0 Å². The number of benzene rings is 1. The summed E-state index contributed by atoms with van der Waals surface area (Å²) < 4.78 is 9.80. The molecule has 0 aromatic heterocycles. The van der Waals surface area contributed by atoms with Crippen LogP contribution >= 0.6 is 0 Å². The van der Waals surface area contributed by atoms with Crippen LogP contribution in [0.25, 0.3) is 0 Å². The standard InChI is InChI=1S/C13H17NO4/c1-9(2)13(16)18-8-12(15)14-10-4-6-11(17-3)7-5-10/h4-7,9H,8H2,1-3H3,(H,14,15). The molecule has 0 heterocycles. The molecular weight excluding hydrogens is 234 g/mol. The first-order valence-corrected chi connectivity index (χ1v) is 5.63. The molecule has 0 saturated carbocycles. The van der Waals surface area contributed by atoms with E-state index < -0.39 is 0 Å². The lowest BCUT2D eigenvalue weighted by atomic mass is 10.2. The van der Waals surface area contributed by atoms with Crippen LogP contribution in [0.5, 0.6) is 5.75 Å². The van der Waals surface area contributed by atoms with Crippen molar-refractivity contribution in [1.82, 2.24) is 0 Å². The minimum Gasteiger partial charge on any atom is -0.497 e. The molecule has 0 bridgehead atoms. The van der Waals surface area contributed by atoms with Gasteiger partial charge in [-0.3, -0.25) is 9.59 Å². The number of esters is 1. The van der Waals surface area contributed by atoms with Crippen molar-refractivity contribution >= 4 is 17.6 Å². The molecule has 0 spiro atoms. The number of hydrogen-bond donors (Lipinski definition) is 1. The van der Waals surface area contributed by atoms with E-state index in [1.807, 2.05) is 0 Å². The van der Waals surface area contributed by atoms with Crippen LogP contribution in [0.4, 0.5) is 5.69 Å². The largest absolute Gasteiger partial charge is 0.497 e. The number of carbonyl (C=O) groups excluding carboxylic acids is 2. The number of methoxy groups -OCH3 is 1. The molecule has 0 fully saturated rings. The van der Waals surface area contributed by atoms with Crippen LogP contribution in [0.3, 0.4) is 0 Å². The fourth-order valence-electron chi connectivity index (χ4n) is 1.17. The van der Waals surface area contributed by atoms with E-state index in [4.69, 9.17) is 9.47 Å². The van der Waals surface area contributed by atoms with Crippen molar-refractivity contribution in [3.05, 3.63) is 24.3 Å². The summed E-state index contributed by atoms with van der Waals surface area (Å²) in [5, 5.41) is 2.62. The molecule has 0 saturated heterocycles. The van der Waals surface area contributed by atoms with Gasteiger partial charge in [0.25, 0.3) is 5.91 Å². The molecule has 0 aliphatic heterocycles. The van der Waals surface area contributed by atoms with Crippen LogP contribution in [0, 0.1) is 5.92 Å². The van der Waals surface area contributed by atoms with Gasteiger partial charge in [-0.2, -0.15) is 0 Å². The average Bonchev–Trinajstić information content (AvgIpc) is 2.36. The Labute approximate surface area is 106 Å². The topological polar surface area (TPSA) is 64.6 Å². The summed E-state index contributed by atoms with van der Waals surface area (Å²) in [6.45, 7) is 3.15. The SMILES string of the molecule is COc1ccc(NC(=O)COC(=O)C(C)C)cc1. The number of ether oxygens (including phenoxy) is 2. The normalized spacial score (nSPS) is 10.0. The van der Waals surface area contributed by atoms with Crippen molar-refractivity contribution in [2.45, 2.75) is 13.8 Å². The molecule has 1 aromatic rings. The minimum atomic E-state index is -0.389. The van der Waals surface area contributed by atoms with Gasteiger partial charge in [0.05, 0.1) is 13.0 Å². The van der Waals surface area contributed by atoms with Gasteiger partial charge in [-0.25, -0.2) is 0 Å². The van der Waals surface area contributed by atoms with E-state index in [-0.39, 0.29) is 24.4 Å². The predicted molar refractivity (Wildman–Crippen MR) is 67.4 cm³/mol. The summed E-state index contributed by atoms with van der Waals surface area (Å²) in [7, 11) is 1.57. The van der Waals surface area contributed by atoms with Crippen molar-refractivity contribution in [2.75, 3.05) is 19.0 Å². The van der Waals surface area contributed by atoms with Crippen molar-refractivity contribution in [3.63, 3.8) is 0 Å². The van der Waals surface area contributed by atoms with E-state index in [2.05, 4.69) is 5.32 Å². The van der Waals surface area contributed by atoms with Crippen LogP contribution in [0.15, 0.2) is 24.3 Å². The molecular formula is C13H17NO4. The summed E-state index contributed by atoms with van der Waals surface area (Å²) in [5.74, 6) is -0.285. The maximum Gasteiger partial charge on any atom is 0.308 e. The predicted octanol–water partition coefficient (Wildman–Crippen LogP) is 1.83. The molecule has 0 aliphatic rings. The van der Waals surface area contributed by atoms with Gasteiger partial charge in [-0.15, -0.1) is 0 Å². The summed E-state index contributed by atoms with van der Waals surface area (Å²) in [6, 6.07) is 6.88. The lowest BCUT2D eigenvalue weighted by molar-refractivity contribution is -0.150. The van der Waals surface area contributed by atoms with Crippen LogP contribution < -0.4 is 10.1 Å². The highest BCUT2D eigenvalue weighted by molar-refractivity contribution is 5.92. The van der Waals surface area contributed by atoms with Gasteiger partial charge in [0.1, 0.15) is 5.75 Å². The van der Waals surface area contributed by atoms with Crippen LogP contribution in [-0.4, -0.2) is 25.6 Å². The van der Waals surface area contributed by atoms with Crippen molar-refractivity contribution in [2.24, 2.45) is 5.92 Å². The zero-order valence-electron chi connectivity index (χ0n) is 10.7. The second-order valence-corrected chi connectivity index (χ2v) is 4.04. The maximum atomic E-state index is 11.5. The molecule has 5 nitrogen and oxygen atoms in total. The zero-order chi connectivity index (χ0) is 13.5. The fraction of sp³-hybridized carbons (Fsp3) is 0.385. The number of nitrogens with one attached hydrogen (secondary N) is 1. The second-order valence-electron chi connectivity index (χ2n) is 4.04. The van der Waals surface area contributed by atoms with E-state index in [0.717, 1.165) is 0 Å². The van der Waals surface area contributed by atoms with Gasteiger partial charge in [0, 0.05) is 5.69 Å². The highest BCUT2D eigenvalue weighted by Gasteiger charge is 2.11. The first-order valence-electron chi connectivity index (χ1n) is 5.63. The quantitative estimate of drug-likeness (QED) is 0.811. The van der Waals surface area contributed by atoms with E-state index >= 15 is 0 Å². The van der Waals surface area contributed by atoms with Crippen molar-refractivity contribution in [1.29, 1.82) is 0 Å². The zero-order valence-corrected chi connectivity index (χ0v) is 10.7. The molecule has 0 aliphatic carbocycles. The van der Waals surface area contributed by atoms with E-state index in [0.29, 0.717) is 11.4 Å². The van der Waals surface area contributed by atoms with Gasteiger partial charge in [0.2, 0.25) is 0 Å². The molecule has 0 atom stereocenters. The Balaban J connectivity index is 2.42. The van der Waals surface area contributed by atoms with Crippen molar-refractivity contribution < 1.29 is 19.1 Å². The highest BCUT2D eigenvalue weighted by atomic mass is 16.5. The summed E-state index contributed by atoms with van der Waals surface area (Å²) in [4.78, 5) is 22.6. The van der Waals surface area contributed by atoms with Crippen molar-refractivity contribution in [3.8, 4) is 5.75 Å². The third-order valence-corrected chi connectivity index (χ3v) is 2.19. The molecule has 1 rings (SSSR count).